The predicted molar refractivity (Wildman–Crippen MR) is 31.0 cm³/mol. The van der Waals surface area contributed by atoms with Crippen LogP contribution in [-0.4, -0.2) is 12.2 Å². The Balaban J connectivity index is 3.79. The molecule has 0 bridgehead atoms. The molecule has 0 radical (unpaired) electrons. The molecule has 0 saturated heterocycles. The normalized spacial score (nSPS) is 12.2. The molecule has 4 heteroatoms. The highest BCUT2D eigenvalue weighted by atomic mass is 16.1. The Morgan fingerprint density at radius 1 is 1.62 bits per heavy atom. The van der Waals surface area contributed by atoms with Crippen LogP contribution in [0.3, 0.4) is 0 Å². The quantitative estimate of drug-likeness (QED) is 0.273. The van der Waals surface area contributed by atoms with Gasteiger partial charge in [0.1, 0.15) is 5.84 Å². The maximum Gasteiger partial charge on any atom is 0.234 e. The van der Waals surface area contributed by atoms with Crippen LogP contribution in [0.4, 0.5) is 0 Å². The number of hydrogen-bond donors (Lipinski definition) is 2. The SMILES string of the molecule is N/C=C\C(N)=N/C=O. The van der Waals surface area contributed by atoms with Crippen LogP contribution in [0.25, 0.3) is 0 Å². The van der Waals surface area contributed by atoms with Crippen LogP contribution in [-0.2, 0) is 4.79 Å². The molecule has 0 heterocycles. The Labute approximate surface area is 46.9 Å². The average molecular weight is 113 g/mol. The standard InChI is InChI=1S/C4H7N3O/c5-2-1-4(6)7-3-8/h1-3H,5H2,(H2,6,7,8)/b2-1-. The van der Waals surface area contributed by atoms with Gasteiger partial charge in [0.25, 0.3) is 0 Å². The van der Waals surface area contributed by atoms with E-state index in [-0.39, 0.29) is 5.84 Å². The first-order chi connectivity index (χ1) is 3.81. The smallest absolute Gasteiger partial charge is 0.234 e. The lowest BCUT2D eigenvalue weighted by Gasteiger charge is -1.81. The Morgan fingerprint density at radius 3 is 2.62 bits per heavy atom. The fraction of sp³-hybridized carbons (Fsp3) is 0. The molecule has 0 aromatic rings. The summed E-state index contributed by atoms with van der Waals surface area (Å²) in [5.74, 6) is 0.113. The van der Waals surface area contributed by atoms with E-state index in [1.54, 1.807) is 0 Å². The molecule has 0 rings (SSSR count). The summed E-state index contributed by atoms with van der Waals surface area (Å²) in [5, 5.41) is 0. The summed E-state index contributed by atoms with van der Waals surface area (Å²) in [4.78, 5) is 12.7. The van der Waals surface area contributed by atoms with Gasteiger partial charge in [-0.15, -0.1) is 0 Å². The topological polar surface area (TPSA) is 81.5 Å². The summed E-state index contributed by atoms with van der Waals surface area (Å²) in [6.45, 7) is 0. The first-order valence-corrected chi connectivity index (χ1v) is 1.96. The predicted octanol–water partition coefficient (Wildman–Crippen LogP) is -1.03. The Bertz CT molecular complexity index is 127. The van der Waals surface area contributed by atoms with Crippen LogP contribution >= 0.6 is 0 Å². The van der Waals surface area contributed by atoms with Crippen molar-refractivity contribution in [2.24, 2.45) is 16.5 Å². The lowest BCUT2D eigenvalue weighted by molar-refractivity contribution is -0.106. The van der Waals surface area contributed by atoms with Crippen molar-refractivity contribution in [1.82, 2.24) is 0 Å². The van der Waals surface area contributed by atoms with Gasteiger partial charge in [0.2, 0.25) is 6.41 Å². The Kier molecular flexibility index (Phi) is 3.22. The van der Waals surface area contributed by atoms with Crippen molar-refractivity contribution in [3.63, 3.8) is 0 Å². The van der Waals surface area contributed by atoms with Crippen LogP contribution in [0.1, 0.15) is 0 Å². The summed E-state index contributed by atoms with van der Waals surface area (Å²) in [5.41, 5.74) is 9.95. The summed E-state index contributed by atoms with van der Waals surface area (Å²) in [6.07, 6.45) is 2.89. The van der Waals surface area contributed by atoms with Gasteiger partial charge in [-0.3, -0.25) is 4.79 Å². The van der Waals surface area contributed by atoms with Gasteiger partial charge in [0.15, 0.2) is 0 Å². The van der Waals surface area contributed by atoms with E-state index in [0.717, 1.165) is 0 Å². The van der Waals surface area contributed by atoms with Gasteiger partial charge in [-0.2, -0.15) is 4.99 Å². The molecule has 0 fully saturated rings. The minimum atomic E-state index is 0.113. The van der Waals surface area contributed by atoms with E-state index in [0.29, 0.717) is 6.41 Å². The highest BCUT2D eigenvalue weighted by Gasteiger charge is 1.76. The highest BCUT2D eigenvalue weighted by Crippen LogP contribution is 1.65. The van der Waals surface area contributed by atoms with Crippen molar-refractivity contribution < 1.29 is 4.79 Å². The molecule has 8 heavy (non-hydrogen) atoms. The molecule has 0 spiro atoms. The first kappa shape index (κ1) is 6.68. The van der Waals surface area contributed by atoms with Gasteiger partial charge in [-0.1, -0.05) is 0 Å². The minimum Gasteiger partial charge on any atom is -0.404 e. The molecule has 0 aromatic carbocycles. The molecule has 0 unspecified atom stereocenters. The fourth-order valence-electron chi connectivity index (χ4n) is 0.202. The summed E-state index contributed by atoms with van der Waals surface area (Å²) in [6, 6.07) is 0. The van der Waals surface area contributed by atoms with Crippen LogP contribution in [0, 0.1) is 0 Å². The first-order valence-electron chi connectivity index (χ1n) is 1.96. The summed E-state index contributed by atoms with van der Waals surface area (Å²) >= 11 is 0. The van der Waals surface area contributed by atoms with Crippen LogP contribution in [0.5, 0.6) is 0 Å². The second-order valence-corrected chi connectivity index (χ2v) is 1.02. The third-order valence-corrected chi connectivity index (χ3v) is 0.469. The molecule has 0 saturated carbocycles. The third-order valence-electron chi connectivity index (χ3n) is 0.469. The molecule has 0 atom stereocenters. The number of hydrogen-bond acceptors (Lipinski definition) is 2. The zero-order valence-corrected chi connectivity index (χ0v) is 4.24. The molecule has 4 N–H and O–H groups in total. The highest BCUT2D eigenvalue weighted by molar-refractivity contribution is 5.95. The summed E-state index contributed by atoms with van der Waals surface area (Å²) in [7, 11) is 0. The van der Waals surface area contributed by atoms with Gasteiger partial charge in [-0.25, -0.2) is 0 Å². The van der Waals surface area contributed by atoms with Gasteiger partial charge in [0, 0.05) is 0 Å². The Morgan fingerprint density at radius 2 is 2.25 bits per heavy atom. The van der Waals surface area contributed by atoms with E-state index in [4.69, 9.17) is 11.5 Å². The van der Waals surface area contributed by atoms with E-state index in [1.807, 2.05) is 0 Å². The number of aliphatic imine (C=N–C) groups is 1. The molecule has 44 valence electrons. The Hall–Kier alpha value is -1.32. The molecule has 0 aliphatic rings. The molecule has 4 nitrogen and oxygen atoms in total. The monoisotopic (exact) mass is 113 g/mol. The maximum atomic E-state index is 9.55. The number of carbonyl (C=O) groups is 1. The zero-order chi connectivity index (χ0) is 6.41. The zero-order valence-electron chi connectivity index (χ0n) is 4.24. The van der Waals surface area contributed by atoms with Gasteiger partial charge >= 0.3 is 0 Å². The number of nitrogens with two attached hydrogens (primary N) is 2. The number of rotatable bonds is 2. The minimum absolute atomic E-state index is 0.113. The second kappa shape index (κ2) is 3.86. The van der Waals surface area contributed by atoms with Crippen molar-refractivity contribution in [1.29, 1.82) is 0 Å². The van der Waals surface area contributed by atoms with E-state index in [1.165, 1.54) is 12.3 Å². The maximum absolute atomic E-state index is 9.55. The second-order valence-electron chi connectivity index (χ2n) is 1.02. The van der Waals surface area contributed by atoms with E-state index >= 15 is 0 Å². The number of amidine groups is 1. The lowest BCUT2D eigenvalue weighted by atomic mass is 10.6. The van der Waals surface area contributed by atoms with Crippen molar-refractivity contribution in [2.45, 2.75) is 0 Å². The van der Waals surface area contributed by atoms with Crippen LogP contribution < -0.4 is 11.5 Å². The van der Waals surface area contributed by atoms with Gasteiger partial charge in [-0.05, 0) is 12.3 Å². The number of amides is 1. The van der Waals surface area contributed by atoms with Crippen LogP contribution in [0.15, 0.2) is 17.3 Å². The van der Waals surface area contributed by atoms with Crippen molar-refractivity contribution in [3.8, 4) is 0 Å². The van der Waals surface area contributed by atoms with Crippen molar-refractivity contribution in [3.05, 3.63) is 12.3 Å². The molecule has 0 aromatic heterocycles. The lowest BCUT2D eigenvalue weighted by Crippen LogP contribution is -2.08. The molecule has 0 aliphatic carbocycles. The van der Waals surface area contributed by atoms with Gasteiger partial charge in [0.05, 0.1) is 0 Å². The largest absolute Gasteiger partial charge is 0.404 e. The number of carbonyl (C=O) groups excluding carboxylic acids is 1. The van der Waals surface area contributed by atoms with E-state index in [2.05, 4.69) is 4.99 Å². The number of nitrogens with zero attached hydrogens (tertiary/aromatic N) is 1. The molecule has 0 aliphatic heterocycles. The van der Waals surface area contributed by atoms with E-state index in [9.17, 15) is 4.79 Å². The fourth-order valence-corrected chi connectivity index (χ4v) is 0.202. The average Bonchev–Trinajstić information content (AvgIpc) is 1.68. The molecular weight excluding hydrogens is 106 g/mol. The third kappa shape index (κ3) is 2.89. The van der Waals surface area contributed by atoms with Crippen molar-refractivity contribution >= 4 is 12.2 Å². The van der Waals surface area contributed by atoms with Crippen molar-refractivity contribution in [2.75, 3.05) is 0 Å². The van der Waals surface area contributed by atoms with Crippen LogP contribution in [0.2, 0.25) is 0 Å². The molecular formula is C4H7N3O. The van der Waals surface area contributed by atoms with Gasteiger partial charge < -0.3 is 11.5 Å². The van der Waals surface area contributed by atoms with E-state index < -0.39 is 0 Å². The summed E-state index contributed by atoms with van der Waals surface area (Å²) < 4.78 is 0. The molecule has 1 amide bonds.